The minimum absolute atomic E-state index is 0.152. The van der Waals surface area contributed by atoms with Gasteiger partial charge < -0.3 is 10.5 Å². The number of nitrogen functional groups attached to an aromatic ring is 1. The first kappa shape index (κ1) is 19.3. The molecule has 1 aliphatic heterocycles. The minimum atomic E-state index is -0.326. The molecule has 0 atom stereocenters. The van der Waals surface area contributed by atoms with Gasteiger partial charge in [0.15, 0.2) is 11.6 Å². The molecule has 0 spiro atoms. The van der Waals surface area contributed by atoms with Crippen LogP contribution in [0.1, 0.15) is 29.4 Å². The van der Waals surface area contributed by atoms with Gasteiger partial charge in [-0.25, -0.2) is 9.37 Å². The second kappa shape index (κ2) is 7.23. The third-order valence-electron chi connectivity index (χ3n) is 5.71. The standard InChI is InChI=1S/C23H23FN6O/c1-4-18-21-13-9-20(23(25)26-10-13)31-12-15-7-16(24)5-6-17(15)22-14(11-29(2)28-22)8-19(21)30(3)27-18/h5-7,9-11H,4,8,12H2,1-3H3,(H2,25,26). The summed E-state index contributed by atoms with van der Waals surface area (Å²) >= 11 is 0. The van der Waals surface area contributed by atoms with Crippen LogP contribution >= 0.6 is 0 Å². The first-order valence-electron chi connectivity index (χ1n) is 10.2. The van der Waals surface area contributed by atoms with Gasteiger partial charge in [0.1, 0.15) is 12.4 Å². The number of ether oxygens (including phenoxy) is 1. The third-order valence-corrected chi connectivity index (χ3v) is 5.71. The normalized spacial score (nSPS) is 12.8. The zero-order valence-electron chi connectivity index (χ0n) is 17.7. The Morgan fingerprint density at radius 1 is 1.16 bits per heavy atom. The summed E-state index contributed by atoms with van der Waals surface area (Å²) in [6.07, 6.45) is 5.17. The number of nitrogens with zero attached hydrogens (tertiary/aromatic N) is 5. The molecule has 2 N–H and O–H groups in total. The van der Waals surface area contributed by atoms with Crippen molar-refractivity contribution in [2.45, 2.75) is 26.4 Å². The van der Waals surface area contributed by atoms with Crippen molar-refractivity contribution in [2.75, 3.05) is 5.73 Å². The average Bonchev–Trinajstić information content (AvgIpc) is 3.26. The van der Waals surface area contributed by atoms with E-state index in [-0.39, 0.29) is 12.4 Å². The van der Waals surface area contributed by atoms with E-state index in [9.17, 15) is 4.39 Å². The van der Waals surface area contributed by atoms with Gasteiger partial charge in [-0.15, -0.1) is 0 Å². The summed E-state index contributed by atoms with van der Waals surface area (Å²) in [5.74, 6) is 0.431. The van der Waals surface area contributed by atoms with E-state index >= 15 is 0 Å². The van der Waals surface area contributed by atoms with Crippen molar-refractivity contribution in [3.8, 4) is 28.1 Å². The van der Waals surface area contributed by atoms with Crippen LogP contribution in [-0.2, 0) is 33.5 Å². The zero-order chi connectivity index (χ0) is 21.7. The molecule has 2 bridgehead atoms. The molecule has 3 aromatic heterocycles. The smallest absolute Gasteiger partial charge is 0.166 e. The van der Waals surface area contributed by atoms with Crippen molar-refractivity contribution in [1.82, 2.24) is 24.5 Å². The van der Waals surface area contributed by atoms with Crippen LogP contribution < -0.4 is 10.5 Å². The number of pyridine rings is 1. The third kappa shape index (κ3) is 3.24. The Hall–Kier alpha value is -3.68. The van der Waals surface area contributed by atoms with Gasteiger partial charge in [-0.1, -0.05) is 6.92 Å². The van der Waals surface area contributed by atoms with Crippen molar-refractivity contribution < 1.29 is 9.13 Å². The molecule has 0 amide bonds. The summed E-state index contributed by atoms with van der Waals surface area (Å²) in [7, 11) is 3.84. The number of aromatic nitrogens is 5. The van der Waals surface area contributed by atoms with Crippen LogP contribution in [0, 0.1) is 5.82 Å². The van der Waals surface area contributed by atoms with Crippen LogP contribution in [0.3, 0.4) is 0 Å². The maximum Gasteiger partial charge on any atom is 0.166 e. The molecule has 0 radical (unpaired) electrons. The highest BCUT2D eigenvalue weighted by Gasteiger charge is 2.23. The van der Waals surface area contributed by atoms with Crippen molar-refractivity contribution in [1.29, 1.82) is 0 Å². The predicted molar refractivity (Wildman–Crippen MR) is 116 cm³/mol. The molecule has 0 unspecified atom stereocenters. The van der Waals surface area contributed by atoms with E-state index in [0.717, 1.165) is 45.8 Å². The highest BCUT2D eigenvalue weighted by atomic mass is 19.1. The SMILES string of the molecule is CCc1nn(C)c2c1-c1cnc(N)c(c1)OCc1cc(F)ccc1-c1nn(C)cc1C2. The number of rotatable bonds is 1. The molecule has 1 aromatic carbocycles. The Morgan fingerprint density at radius 2 is 2.00 bits per heavy atom. The molecule has 7 nitrogen and oxygen atoms in total. The fraction of sp³-hybridized carbons (Fsp3) is 0.261. The molecule has 4 aromatic rings. The number of halogens is 1. The first-order valence-corrected chi connectivity index (χ1v) is 10.2. The highest BCUT2D eigenvalue weighted by molar-refractivity contribution is 5.74. The molecule has 0 fully saturated rings. The maximum absolute atomic E-state index is 14.1. The van der Waals surface area contributed by atoms with E-state index in [1.54, 1.807) is 16.9 Å². The summed E-state index contributed by atoms with van der Waals surface area (Å²) in [6, 6.07) is 6.58. The largest absolute Gasteiger partial charge is 0.485 e. The Balaban J connectivity index is 1.81. The van der Waals surface area contributed by atoms with E-state index in [2.05, 4.69) is 11.9 Å². The number of aryl methyl sites for hydroxylation is 3. The summed E-state index contributed by atoms with van der Waals surface area (Å²) < 4.78 is 23.8. The van der Waals surface area contributed by atoms with Crippen LogP contribution in [-0.4, -0.2) is 24.5 Å². The number of hydrogen-bond acceptors (Lipinski definition) is 5. The fourth-order valence-corrected chi connectivity index (χ4v) is 4.25. The lowest BCUT2D eigenvalue weighted by molar-refractivity contribution is 0.307. The molecule has 8 heteroatoms. The summed E-state index contributed by atoms with van der Waals surface area (Å²) in [5, 5.41) is 9.45. The van der Waals surface area contributed by atoms with Crippen molar-refractivity contribution in [3.63, 3.8) is 0 Å². The Morgan fingerprint density at radius 3 is 2.81 bits per heavy atom. The quantitative estimate of drug-likeness (QED) is 0.510. The van der Waals surface area contributed by atoms with Gasteiger partial charge >= 0.3 is 0 Å². The van der Waals surface area contributed by atoms with Gasteiger partial charge in [-0.2, -0.15) is 10.2 Å². The van der Waals surface area contributed by atoms with Gasteiger partial charge in [0.25, 0.3) is 0 Å². The molecule has 31 heavy (non-hydrogen) atoms. The molecular weight excluding hydrogens is 395 g/mol. The van der Waals surface area contributed by atoms with E-state index < -0.39 is 0 Å². The van der Waals surface area contributed by atoms with E-state index in [4.69, 9.17) is 20.7 Å². The lowest BCUT2D eigenvalue weighted by Crippen LogP contribution is -2.06. The number of hydrogen-bond donors (Lipinski definition) is 1. The Bertz CT molecular complexity index is 1310. The zero-order valence-corrected chi connectivity index (χ0v) is 17.7. The molecule has 5 rings (SSSR count). The fourth-order valence-electron chi connectivity index (χ4n) is 4.25. The van der Waals surface area contributed by atoms with Crippen LogP contribution in [0.25, 0.3) is 22.4 Å². The predicted octanol–water partition coefficient (Wildman–Crippen LogP) is 3.65. The van der Waals surface area contributed by atoms with Gasteiger partial charge in [0.05, 0.1) is 17.1 Å². The molecule has 1 aliphatic rings. The molecule has 158 valence electrons. The van der Waals surface area contributed by atoms with E-state index in [1.165, 1.54) is 12.1 Å². The molecule has 0 saturated heterocycles. The Kier molecular flexibility index (Phi) is 4.50. The topological polar surface area (TPSA) is 83.8 Å². The lowest BCUT2D eigenvalue weighted by Gasteiger charge is -2.16. The van der Waals surface area contributed by atoms with E-state index in [0.29, 0.717) is 23.6 Å². The highest BCUT2D eigenvalue weighted by Crippen LogP contribution is 2.36. The molecule has 0 aliphatic carbocycles. The molecular formula is C23H23FN6O. The van der Waals surface area contributed by atoms with Crippen LogP contribution in [0.15, 0.2) is 36.7 Å². The van der Waals surface area contributed by atoms with Crippen LogP contribution in [0.2, 0.25) is 0 Å². The summed E-state index contributed by atoms with van der Waals surface area (Å²) in [5.41, 5.74) is 13.4. The molecule has 0 saturated carbocycles. The van der Waals surface area contributed by atoms with E-state index in [1.807, 2.05) is 31.0 Å². The van der Waals surface area contributed by atoms with Crippen molar-refractivity contribution >= 4 is 5.82 Å². The average molecular weight is 418 g/mol. The van der Waals surface area contributed by atoms with Gasteiger partial charge in [-0.05, 0) is 30.7 Å². The number of benzene rings is 1. The monoisotopic (exact) mass is 418 g/mol. The maximum atomic E-state index is 14.1. The van der Waals surface area contributed by atoms with Gasteiger partial charge in [0, 0.05) is 60.7 Å². The van der Waals surface area contributed by atoms with Crippen molar-refractivity contribution in [3.05, 3.63) is 65.0 Å². The second-order valence-electron chi connectivity index (χ2n) is 7.80. The number of nitrogens with two attached hydrogens (primary N) is 1. The van der Waals surface area contributed by atoms with Gasteiger partial charge in [-0.3, -0.25) is 9.36 Å². The molecule has 4 heterocycles. The minimum Gasteiger partial charge on any atom is -0.485 e. The van der Waals surface area contributed by atoms with Gasteiger partial charge in [0.2, 0.25) is 0 Å². The summed E-state index contributed by atoms with van der Waals surface area (Å²) in [6.45, 7) is 2.24. The number of anilines is 1. The Labute approximate surface area is 179 Å². The van der Waals surface area contributed by atoms with Crippen LogP contribution in [0.4, 0.5) is 10.2 Å². The first-order chi connectivity index (χ1) is 14.9. The lowest BCUT2D eigenvalue weighted by atomic mass is 9.96. The van der Waals surface area contributed by atoms with Crippen molar-refractivity contribution in [2.24, 2.45) is 14.1 Å². The summed E-state index contributed by atoms with van der Waals surface area (Å²) in [4.78, 5) is 4.36. The second-order valence-corrected chi connectivity index (χ2v) is 7.80. The number of fused-ring (bicyclic) bond motifs is 7. The van der Waals surface area contributed by atoms with Crippen LogP contribution in [0.5, 0.6) is 5.75 Å².